The fraction of sp³-hybridized carbons (Fsp3) is 0.182. The average molecular weight is 219 g/mol. The Kier molecular flexibility index (Phi) is 1.79. The monoisotopic (exact) mass is 219 g/mol. The summed E-state index contributed by atoms with van der Waals surface area (Å²) < 4.78 is 0. The van der Waals surface area contributed by atoms with E-state index in [0.29, 0.717) is 5.57 Å². The number of para-hydroxylation sites is 1. The van der Waals surface area contributed by atoms with Crippen LogP contribution in [0.2, 0.25) is 0 Å². The van der Waals surface area contributed by atoms with E-state index in [-0.39, 0.29) is 5.37 Å². The fourth-order valence-corrected chi connectivity index (χ4v) is 3.00. The third kappa shape index (κ3) is 1.18. The lowest BCUT2D eigenvalue weighted by Gasteiger charge is -2.45. The molecule has 1 aromatic carbocycles. The number of carbonyl (C=O) groups is 1. The second kappa shape index (κ2) is 3.03. The number of carboxylic acid groups (broad SMARTS) is 1. The summed E-state index contributed by atoms with van der Waals surface area (Å²) in [5.74, 6) is 0.0680. The molecule has 0 aromatic heterocycles. The van der Waals surface area contributed by atoms with E-state index in [1.807, 2.05) is 24.3 Å². The number of benzene rings is 1. The Labute approximate surface area is 91.4 Å². The van der Waals surface area contributed by atoms with Crippen molar-refractivity contribution in [3.05, 3.63) is 35.4 Å². The van der Waals surface area contributed by atoms with Crippen molar-refractivity contribution < 1.29 is 9.90 Å². The van der Waals surface area contributed by atoms with Gasteiger partial charge in [0.1, 0.15) is 5.37 Å². The predicted octanol–water partition coefficient (Wildman–Crippen LogP) is 2.00. The first-order valence-electron chi connectivity index (χ1n) is 4.69. The zero-order chi connectivity index (χ0) is 10.4. The molecule has 1 N–H and O–H groups in total. The van der Waals surface area contributed by atoms with Crippen molar-refractivity contribution in [2.24, 2.45) is 0 Å². The van der Waals surface area contributed by atoms with Crippen molar-refractivity contribution in [2.45, 2.75) is 5.37 Å². The molecule has 2 aliphatic rings. The summed E-state index contributed by atoms with van der Waals surface area (Å²) in [5.41, 5.74) is 2.64. The Morgan fingerprint density at radius 3 is 2.93 bits per heavy atom. The largest absolute Gasteiger partial charge is 0.478 e. The molecule has 3 nitrogen and oxygen atoms in total. The number of fused-ring (bicyclic) bond motifs is 3. The van der Waals surface area contributed by atoms with Crippen LogP contribution >= 0.6 is 11.8 Å². The van der Waals surface area contributed by atoms with Crippen molar-refractivity contribution in [1.29, 1.82) is 0 Å². The molecule has 0 spiro atoms. The molecule has 0 aliphatic carbocycles. The van der Waals surface area contributed by atoms with E-state index in [1.165, 1.54) is 0 Å². The number of carboxylic acids is 1. The first-order valence-corrected chi connectivity index (χ1v) is 5.74. The van der Waals surface area contributed by atoms with Gasteiger partial charge in [0.15, 0.2) is 0 Å². The lowest BCUT2D eigenvalue weighted by molar-refractivity contribution is -0.132. The molecule has 1 aromatic rings. The van der Waals surface area contributed by atoms with E-state index in [1.54, 1.807) is 17.8 Å². The van der Waals surface area contributed by atoms with Crippen LogP contribution in [0.15, 0.2) is 29.8 Å². The van der Waals surface area contributed by atoms with Crippen molar-refractivity contribution in [1.82, 2.24) is 0 Å². The summed E-state index contributed by atoms with van der Waals surface area (Å²) in [6.45, 7) is 0. The molecule has 1 atom stereocenters. The Morgan fingerprint density at radius 1 is 1.47 bits per heavy atom. The van der Waals surface area contributed by atoms with Crippen molar-refractivity contribution in [3.8, 4) is 0 Å². The Bertz CT molecular complexity index is 469. The average Bonchev–Trinajstić information content (AvgIpc) is 2.16. The lowest BCUT2D eigenvalue weighted by atomic mass is 10.0. The highest BCUT2D eigenvalue weighted by Crippen LogP contribution is 2.44. The molecule has 0 bridgehead atoms. The topological polar surface area (TPSA) is 40.5 Å². The van der Waals surface area contributed by atoms with Crippen molar-refractivity contribution in [3.63, 3.8) is 0 Å². The first kappa shape index (κ1) is 8.85. The summed E-state index contributed by atoms with van der Waals surface area (Å²) in [6, 6.07) is 7.91. The molecule has 0 amide bonds. The van der Waals surface area contributed by atoms with E-state index >= 15 is 0 Å². The summed E-state index contributed by atoms with van der Waals surface area (Å²) >= 11 is 1.67. The van der Waals surface area contributed by atoms with Gasteiger partial charge >= 0.3 is 5.97 Å². The zero-order valence-electron chi connectivity index (χ0n) is 7.88. The molecular formula is C11H9NO2S. The highest BCUT2D eigenvalue weighted by molar-refractivity contribution is 8.01. The minimum absolute atomic E-state index is 0.0115. The Hall–Kier alpha value is -1.42. The molecule has 0 radical (unpaired) electrons. The van der Waals surface area contributed by atoms with Crippen LogP contribution in [-0.4, -0.2) is 22.3 Å². The van der Waals surface area contributed by atoms with E-state index in [9.17, 15) is 4.79 Å². The van der Waals surface area contributed by atoms with Gasteiger partial charge in [-0.25, -0.2) is 4.79 Å². The van der Waals surface area contributed by atoms with Crippen molar-refractivity contribution >= 4 is 29.5 Å². The number of thioether (sulfide) groups is 1. The third-order valence-corrected chi connectivity index (χ3v) is 3.98. The van der Waals surface area contributed by atoms with Gasteiger partial charge in [0.2, 0.25) is 0 Å². The highest BCUT2D eigenvalue weighted by atomic mass is 32.2. The second-order valence-electron chi connectivity index (χ2n) is 3.58. The number of anilines is 1. The molecule has 2 heterocycles. The quantitative estimate of drug-likeness (QED) is 0.784. The number of rotatable bonds is 1. The molecule has 3 rings (SSSR count). The van der Waals surface area contributed by atoms with E-state index in [4.69, 9.17) is 5.11 Å². The van der Waals surface area contributed by atoms with Crippen LogP contribution in [0.4, 0.5) is 5.69 Å². The smallest absolute Gasteiger partial charge is 0.334 e. The van der Waals surface area contributed by atoms with Crippen molar-refractivity contribution in [2.75, 3.05) is 10.8 Å². The molecule has 2 aliphatic heterocycles. The molecule has 1 unspecified atom stereocenters. The number of nitrogens with zero attached hydrogens (tertiary/aromatic N) is 1. The maximum atomic E-state index is 11.0. The minimum atomic E-state index is -0.813. The van der Waals surface area contributed by atoms with Gasteiger partial charge in [-0.05, 0) is 17.7 Å². The van der Waals surface area contributed by atoms with Gasteiger partial charge < -0.3 is 10.0 Å². The molecule has 76 valence electrons. The summed E-state index contributed by atoms with van der Waals surface area (Å²) in [6.07, 6.45) is 1.78. The maximum absolute atomic E-state index is 11.0. The second-order valence-corrected chi connectivity index (χ2v) is 4.62. The van der Waals surface area contributed by atoms with Crippen LogP contribution < -0.4 is 4.90 Å². The molecule has 15 heavy (non-hydrogen) atoms. The molecule has 4 heteroatoms. The van der Waals surface area contributed by atoms with Gasteiger partial charge in [-0.3, -0.25) is 0 Å². The van der Waals surface area contributed by atoms with Crippen LogP contribution in [0.25, 0.3) is 6.08 Å². The third-order valence-electron chi connectivity index (χ3n) is 2.72. The van der Waals surface area contributed by atoms with E-state index < -0.39 is 5.97 Å². The highest BCUT2D eigenvalue weighted by Gasteiger charge is 2.38. The normalized spacial score (nSPS) is 22.3. The van der Waals surface area contributed by atoms with Crippen LogP contribution in [0.5, 0.6) is 0 Å². The lowest BCUT2D eigenvalue weighted by Crippen LogP contribution is -2.47. The van der Waals surface area contributed by atoms with Gasteiger partial charge in [0.25, 0.3) is 0 Å². The van der Waals surface area contributed by atoms with Gasteiger partial charge in [-0.2, -0.15) is 0 Å². The molecular weight excluding hydrogens is 210 g/mol. The standard InChI is InChI=1S/C11H9NO2S/c13-11(14)8-5-7-3-1-2-4-9(7)12-6-15-10(8)12/h1-5,10H,6H2,(H,13,14). The molecule has 0 saturated carbocycles. The van der Waals surface area contributed by atoms with Gasteiger partial charge in [0.05, 0.1) is 11.4 Å². The van der Waals surface area contributed by atoms with Crippen LogP contribution in [0.1, 0.15) is 5.56 Å². The van der Waals surface area contributed by atoms with Gasteiger partial charge in [-0.15, -0.1) is 11.8 Å². The maximum Gasteiger partial charge on any atom is 0.334 e. The molecule has 1 saturated heterocycles. The molecule has 1 fully saturated rings. The summed E-state index contributed by atoms with van der Waals surface area (Å²) in [5, 5.41) is 9.09. The number of aliphatic carboxylic acids is 1. The van der Waals surface area contributed by atoms with Gasteiger partial charge in [-0.1, -0.05) is 18.2 Å². The first-order chi connectivity index (χ1) is 7.27. The van der Waals surface area contributed by atoms with Crippen LogP contribution in [0, 0.1) is 0 Å². The summed E-state index contributed by atoms with van der Waals surface area (Å²) in [7, 11) is 0. The SMILES string of the molecule is O=C(O)C1=Cc2ccccc2N2CSC12. The number of hydrogen-bond acceptors (Lipinski definition) is 3. The van der Waals surface area contributed by atoms with Gasteiger partial charge in [0, 0.05) is 5.69 Å². The van der Waals surface area contributed by atoms with Crippen LogP contribution in [0.3, 0.4) is 0 Å². The minimum Gasteiger partial charge on any atom is -0.478 e. The van der Waals surface area contributed by atoms with E-state index in [2.05, 4.69) is 4.90 Å². The Balaban J connectivity index is 2.15. The van der Waals surface area contributed by atoms with Crippen LogP contribution in [-0.2, 0) is 4.79 Å². The van der Waals surface area contributed by atoms with E-state index in [0.717, 1.165) is 17.1 Å². The zero-order valence-corrected chi connectivity index (χ0v) is 8.70. The predicted molar refractivity (Wildman–Crippen MR) is 60.8 cm³/mol. The Morgan fingerprint density at radius 2 is 2.27 bits per heavy atom. The fourth-order valence-electron chi connectivity index (χ4n) is 1.95. The summed E-state index contributed by atoms with van der Waals surface area (Å²) in [4.78, 5) is 13.2. The number of hydrogen-bond donors (Lipinski definition) is 1.